The molecule has 3 nitrogen and oxygen atoms in total. The molecule has 124 valence electrons. The molecular formula is C16H22F3NO2. The highest BCUT2D eigenvalue weighted by Crippen LogP contribution is 2.31. The van der Waals surface area contributed by atoms with Crippen LogP contribution in [0.2, 0.25) is 0 Å². The fourth-order valence-corrected chi connectivity index (χ4v) is 2.81. The van der Waals surface area contributed by atoms with Gasteiger partial charge in [0.2, 0.25) is 0 Å². The van der Waals surface area contributed by atoms with Gasteiger partial charge in [0.05, 0.1) is 31.4 Å². The van der Waals surface area contributed by atoms with Crippen molar-refractivity contribution < 1.29 is 23.0 Å². The predicted molar refractivity (Wildman–Crippen MR) is 77.4 cm³/mol. The van der Waals surface area contributed by atoms with E-state index in [1.165, 1.54) is 12.1 Å². The van der Waals surface area contributed by atoms with Crippen molar-refractivity contribution in [3.05, 3.63) is 35.4 Å². The van der Waals surface area contributed by atoms with E-state index in [9.17, 15) is 18.3 Å². The van der Waals surface area contributed by atoms with E-state index in [4.69, 9.17) is 4.74 Å². The largest absolute Gasteiger partial charge is 0.416 e. The summed E-state index contributed by atoms with van der Waals surface area (Å²) in [7, 11) is 0. The molecule has 0 aliphatic carbocycles. The highest BCUT2D eigenvalue weighted by molar-refractivity contribution is 5.27. The molecular weight excluding hydrogens is 295 g/mol. The quantitative estimate of drug-likeness (QED) is 0.896. The molecule has 1 heterocycles. The first-order valence-corrected chi connectivity index (χ1v) is 7.33. The molecule has 2 rings (SSSR count). The molecule has 1 aliphatic rings. The second-order valence-electron chi connectivity index (χ2n) is 6.60. The summed E-state index contributed by atoms with van der Waals surface area (Å²) in [6.07, 6.45) is -3.45. The van der Waals surface area contributed by atoms with E-state index in [0.717, 1.165) is 18.6 Å². The van der Waals surface area contributed by atoms with Crippen molar-refractivity contribution in [2.75, 3.05) is 19.8 Å². The minimum Gasteiger partial charge on any atom is -0.394 e. The minimum absolute atomic E-state index is 0.0517. The van der Waals surface area contributed by atoms with Crippen LogP contribution in [-0.2, 0) is 10.9 Å². The number of aliphatic hydroxyl groups is 1. The molecule has 2 N–H and O–H groups in total. The van der Waals surface area contributed by atoms with Crippen LogP contribution in [0.15, 0.2) is 24.3 Å². The van der Waals surface area contributed by atoms with Gasteiger partial charge in [0.15, 0.2) is 0 Å². The number of rotatable bonds is 4. The summed E-state index contributed by atoms with van der Waals surface area (Å²) >= 11 is 0. The number of halogens is 3. The Morgan fingerprint density at radius 3 is 2.45 bits per heavy atom. The lowest BCUT2D eigenvalue weighted by atomic mass is 9.84. The molecule has 0 radical (unpaired) electrons. The Kier molecular flexibility index (Phi) is 5.14. The van der Waals surface area contributed by atoms with Crippen molar-refractivity contribution in [3.8, 4) is 0 Å². The van der Waals surface area contributed by atoms with Gasteiger partial charge in [-0.25, -0.2) is 0 Å². The minimum atomic E-state index is -4.35. The van der Waals surface area contributed by atoms with Gasteiger partial charge in [0, 0.05) is 6.04 Å². The van der Waals surface area contributed by atoms with Crippen molar-refractivity contribution in [2.24, 2.45) is 5.41 Å². The molecule has 2 atom stereocenters. The van der Waals surface area contributed by atoms with Crippen molar-refractivity contribution >= 4 is 0 Å². The van der Waals surface area contributed by atoms with E-state index >= 15 is 0 Å². The molecule has 0 spiro atoms. The zero-order valence-electron chi connectivity index (χ0n) is 12.8. The Morgan fingerprint density at radius 2 is 1.95 bits per heavy atom. The van der Waals surface area contributed by atoms with E-state index in [1.807, 2.05) is 0 Å². The fraction of sp³-hybridized carbons (Fsp3) is 0.625. The van der Waals surface area contributed by atoms with E-state index in [-0.39, 0.29) is 18.1 Å². The maximum atomic E-state index is 12.6. The summed E-state index contributed by atoms with van der Waals surface area (Å²) in [5, 5.41) is 12.8. The molecule has 1 saturated heterocycles. The SMILES string of the molecule is CC1(C)COCC(NC(CO)c2ccc(C(F)(F)F)cc2)C1. The van der Waals surface area contributed by atoms with E-state index in [0.29, 0.717) is 18.8 Å². The molecule has 0 amide bonds. The van der Waals surface area contributed by atoms with Gasteiger partial charge in [-0.1, -0.05) is 26.0 Å². The van der Waals surface area contributed by atoms with Crippen LogP contribution in [0.5, 0.6) is 0 Å². The van der Waals surface area contributed by atoms with Crippen LogP contribution >= 0.6 is 0 Å². The normalized spacial score (nSPS) is 23.3. The Hall–Kier alpha value is -1.11. The van der Waals surface area contributed by atoms with Crippen LogP contribution in [0, 0.1) is 5.41 Å². The van der Waals surface area contributed by atoms with Crippen molar-refractivity contribution in [1.82, 2.24) is 5.32 Å². The monoisotopic (exact) mass is 317 g/mol. The Labute approximate surface area is 128 Å². The van der Waals surface area contributed by atoms with Crippen molar-refractivity contribution in [3.63, 3.8) is 0 Å². The number of hydrogen-bond acceptors (Lipinski definition) is 3. The van der Waals surface area contributed by atoms with Crippen molar-refractivity contribution in [2.45, 2.75) is 38.5 Å². The maximum Gasteiger partial charge on any atom is 0.416 e. The van der Waals surface area contributed by atoms with Gasteiger partial charge in [0.1, 0.15) is 0 Å². The molecule has 0 aromatic heterocycles. The number of hydrogen-bond donors (Lipinski definition) is 2. The lowest BCUT2D eigenvalue weighted by molar-refractivity contribution is -0.137. The smallest absolute Gasteiger partial charge is 0.394 e. The Morgan fingerprint density at radius 1 is 1.32 bits per heavy atom. The van der Waals surface area contributed by atoms with Crippen LogP contribution in [0.3, 0.4) is 0 Å². The van der Waals surface area contributed by atoms with Gasteiger partial charge < -0.3 is 15.2 Å². The van der Waals surface area contributed by atoms with E-state index in [1.54, 1.807) is 0 Å². The molecule has 1 aromatic rings. The summed E-state index contributed by atoms with van der Waals surface area (Å²) in [6.45, 7) is 5.26. The number of ether oxygens (including phenoxy) is 1. The van der Waals surface area contributed by atoms with Gasteiger partial charge in [0.25, 0.3) is 0 Å². The number of alkyl halides is 3. The molecule has 2 unspecified atom stereocenters. The Bertz CT molecular complexity index is 485. The second kappa shape index (κ2) is 6.56. The Balaban J connectivity index is 2.05. The van der Waals surface area contributed by atoms with Gasteiger partial charge in [-0.3, -0.25) is 0 Å². The highest BCUT2D eigenvalue weighted by Gasteiger charge is 2.32. The van der Waals surface area contributed by atoms with Gasteiger partial charge in [-0.15, -0.1) is 0 Å². The molecule has 22 heavy (non-hydrogen) atoms. The average Bonchev–Trinajstić information content (AvgIpc) is 2.43. The van der Waals surface area contributed by atoms with Crippen LogP contribution in [-0.4, -0.2) is 31.0 Å². The van der Waals surface area contributed by atoms with Gasteiger partial charge in [-0.2, -0.15) is 13.2 Å². The molecule has 1 aromatic carbocycles. The summed E-state index contributed by atoms with van der Waals surface area (Å²) < 4.78 is 43.3. The molecule has 6 heteroatoms. The fourth-order valence-electron chi connectivity index (χ4n) is 2.81. The maximum absolute atomic E-state index is 12.6. The first kappa shape index (κ1) is 17.2. The molecule has 1 fully saturated rings. The lowest BCUT2D eigenvalue weighted by Crippen LogP contribution is -2.45. The number of aliphatic hydroxyl groups excluding tert-OH is 1. The van der Waals surface area contributed by atoms with Crippen molar-refractivity contribution in [1.29, 1.82) is 0 Å². The van der Waals surface area contributed by atoms with E-state index < -0.39 is 17.8 Å². The first-order valence-electron chi connectivity index (χ1n) is 7.33. The lowest BCUT2D eigenvalue weighted by Gasteiger charge is -2.37. The first-order chi connectivity index (χ1) is 10.2. The molecule has 0 bridgehead atoms. The number of benzene rings is 1. The topological polar surface area (TPSA) is 41.5 Å². The number of nitrogens with one attached hydrogen (secondary N) is 1. The standard InChI is InChI=1S/C16H22F3NO2/c1-15(2)7-13(9-22-10-15)20-14(8-21)11-3-5-12(6-4-11)16(17,18)19/h3-6,13-14,20-21H,7-10H2,1-2H3. The van der Waals surface area contributed by atoms with Gasteiger partial charge >= 0.3 is 6.18 Å². The van der Waals surface area contributed by atoms with Crippen LogP contribution in [0.4, 0.5) is 13.2 Å². The van der Waals surface area contributed by atoms with Crippen LogP contribution in [0.25, 0.3) is 0 Å². The summed E-state index contributed by atoms with van der Waals surface area (Å²) in [6, 6.07) is 4.58. The summed E-state index contributed by atoms with van der Waals surface area (Å²) in [5.41, 5.74) is 0.00438. The summed E-state index contributed by atoms with van der Waals surface area (Å²) in [5.74, 6) is 0. The zero-order chi connectivity index (χ0) is 16.4. The van der Waals surface area contributed by atoms with Gasteiger partial charge in [-0.05, 0) is 29.5 Å². The third kappa shape index (κ3) is 4.44. The zero-order valence-corrected chi connectivity index (χ0v) is 12.8. The molecule has 1 aliphatic heterocycles. The second-order valence-corrected chi connectivity index (χ2v) is 6.60. The highest BCUT2D eigenvalue weighted by atomic mass is 19.4. The van der Waals surface area contributed by atoms with Crippen LogP contribution < -0.4 is 5.32 Å². The molecule has 0 saturated carbocycles. The van der Waals surface area contributed by atoms with E-state index in [2.05, 4.69) is 19.2 Å². The average molecular weight is 317 g/mol. The summed E-state index contributed by atoms with van der Waals surface area (Å²) in [4.78, 5) is 0. The third-order valence-corrected chi connectivity index (χ3v) is 3.87. The predicted octanol–water partition coefficient (Wildman–Crippen LogP) is 3.14. The van der Waals surface area contributed by atoms with Crippen LogP contribution in [0.1, 0.15) is 37.4 Å². The third-order valence-electron chi connectivity index (χ3n) is 3.87.